The second-order valence-corrected chi connectivity index (χ2v) is 5.95. The lowest BCUT2D eigenvalue weighted by Gasteiger charge is -2.12. The summed E-state index contributed by atoms with van der Waals surface area (Å²) in [6.07, 6.45) is 0.732. The largest absolute Gasteiger partial charge is 0.497 e. The first kappa shape index (κ1) is 17.7. The summed E-state index contributed by atoms with van der Waals surface area (Å²) < 4.78 is 16.2. The van der Waals surface area contributed by atoms with Crippen LogP contribution in [0.5, 0.6) is 11.5 Å². The van der Waals surface area contributed by atoms with E-state index in [4.69, 9.17) is 13.9 Å². The second kappa shape index (κ2) is 7.44. The Balaban J connectivity index is 1.86. The molecule has 0 N–H and O–H groups in total. The van der Waals surface area contributed by atoms with E-state index in [1.54, 1.807) is 37.4 Å². The van der Waals surface area contributed by atoms with Gasteiger partial charge in [-0.3, -0.25) is 4.79 Å². The van der Waals surface area contributed by atoms with Crippen LogP contribution in [0, 0.1) is 6.92 Å². The van der Waals surface area contributed by atoms with Gasteiger partial charge in [0, 0.05) is 22.6 Å². The quantitative estimate of drug-likeness (QED) is 0.497. The van der Waals surface area contributed by atoms with Gasteiger partial charge in [0.2, 0.25) is 0 Å². The highest BCUT2D eigenvalue weighted by Gasteiger charge is 2.13. The smallest absolute Gasteiger partial charge is 0.336 e. The minimum absolute atomic E-state index is 0.114. The van der Waals surface area contributed by atoms with Gasteiger partial charge in [-0.05, 0) is 43.2 Å². The minimum Gasteiger partial charge on any atom is -0.497 e. The summed E-state index contributed by atoms with van der Waals surface area (Å²) in [5, 5.41) is 0.885. The van der Waals surface area contributed by atoms with Gasteiger partial charge in [0.15, 0.2) is 12.4 Å². The summed E-state index contributed by atoms with van der Waals surface area (Å²) in [6, 6.07) is 12.1. The maximum Gasteiger partial charge on any atom is 0.336 e. The van der Waals surface area contributed by atoms with Crippen LogP contribution in [0.4, 0.5) is 0 Å². The molecule has 0 aliphatic rings. The molecule has 5 nitrogen and oxygen atoms in total. The van der Waals surface area contributed by atoms with Crippen LogP contribution in [0.2, 0.25) is 0 Å². The Hall–Kier alpha value is -3.08. The molecule has 3 rings (SSSR count). The number of fused-ring (bicyclic) bond motifs is 1. The number of carbonyl (C=O) groups excluding carboxylic acids is 1. The van der Waals surface area contributed by atoms with Crippen molar-refractivity contribution in [3.8, 4) is 11.5 Å². The molecule has 1 heterocycles. The Morgan fingerprint density at radius 3 is 2.69 bits per heavy atom. The molecule has 0 aliphatic carbocycles. The molecule has 0 amide bonds. The third-order valence-corrected chi connectivity index (χ3v) is 4.33. The number of ether oxygens (including phenoxy) is 2. The number of hydrogen-bond donors (Lipinski definition) is 0. The van der Waals surface area contributed by atoms with Crippen molar-refractivity contribution in [3.63, 3.8) is 0 Å². The van der Waals surface area contributed by atoms with Gasteiger partial charge in [0.25, 0.3) is 0 Å². The topological polar surface area (TPSA) is 65.7 Å². The predicted molar refractivity (Wildman–Crippen MR) is 99.4 cm³/mol. The lowest BCUT2D eigenvalue weighted by Crippen LogP contribution is -2.12. The summed E-state index contributed by atoms with van der Waals surface area (Å²) in [6.45, 7) is 3.69. The molecule has 1 aromatic heterocycles. The Bertz CT molecular complexity index is 1020. The van der Waals surface area contributed by atoms with Crippen molar-refractivity contribution in [2.75, 3.05) is 13.7 Å². The number of ketones is 1. The van der Waals surface area contributed by atoms with Crippen molar-refractivity contribution >= 4 is 16.8 Å². The van der Waals surface area contributed by atoms with Crippen LogP contribution in [-0.2, 0) is 6.42 Å². The van der Waals surface area contributed by atoms with E-state index in [0.717, 1.165) is 17.4 Å². The molecule has 2 aromatic carbocycles. The Morgan fingerprint density at radius 1 is 1.15 bits per heavy atom. The average Bonchev–Trinajstić information content (AvgIpc) is 2.67. The molecular weight excluding hydrogens is 332 g/mol. The predicted octanol–water partition coefficient (Wildman–Crippen LogP) is 3.93. The van der Waals surface area contributed by atoms with E-state index in [2.05, 4.69) is 0 Å². The zero-order valence-electron chi connectivity index (χ0n) is 15.0. The molecule has 0 bridgehead atoms. The second-order valence-electron chi connectivity index (χ2n) is 5.95. The first-order valence-corrected chi connectivity index (χ1v) is 8.40. The molecule has 0 aliphatic heterocycles. The van der Waals surface area contributed by atoms with E-state index in [0.29, 0.717) is 28.2 Å². The highest BCUT2D eigenvalue weighted by atomic mass is 16.5. The highest BCUT2D eigenvalue weighted by Crippen LogP contribution is 2.28. The van der Waals surface area contributed by atoms with Crippen LogP contribution in [0.25, 0.3) is 11.0 Å². The van der Waals surface area contributed by atoms with Crippen LogP contribution in [-0.4, -0.2) is 19.5 Å². The van der Waals surface area contributed by atoms with Crippen LogP contribution >= 0.6 is 0 Å². The Kier molecular flexibility index (Phi) is 5.07. The van der Waals surface area contributed by atoms with Gasteiger partial charge in [-0.1, -0.05) is 19.1 Å². The maximum atomic E-state index is 12.4. The maximum absolute atomic E-state index is 12.4. The Morgan fingerprint density at radius 2 is 1.96 bits per heavy atom. The van der Waals surface area contributed by atoms with Crippen LogP contribution < -0.4 is 15.1 Å². The number of carbonyl (C=O) groups is 1. The van der Waals surface area contributed by atoms with Crippen LogP contribution in [0.3, 0.4) is 0 Å². The first-order chi connectivity index (χ1) is 12.5. The third kappa shape index (κ3) is 3.47. The number of methoxy groups -OCH3 is 1. The summed E-state index contributed by atoms with van der Waals surface area (Å²) in [5.74, 6) is 0.976. The third-order valence-electron chi connectivity index (χ3n) is 4.33. The zero-order valence-corrected chi connectivity index (χ0v) is 15.0. The van der Waals surface area contributed by atoms with E-state index >= 15 is 0 Å². The van der Waals surface area contributed by atoms with E-state index in [1.165, 1.54) is 6.07 Å². The molecule has 0 radical (unpaired) electrons. The van der Waals surface area contributed by atoms with Gasteiger partial charge in [-0.2, -0.15) is 0 Å². The number of Topliss-reactive ketones (excluding diaryl/α,β-unsaturated/α-hetero) is 1. The monoisotopic (exact) mass is 352 g/mol. The molecular formula is C21H20O5. The van der Waals surface area contributed by atoms with Gasteiger partial charge in [0.1, 0.15) is 17.1 Å². The molecule has 0 saturated carbocycles. The van der Waals surface area contributed by atoms with E-state index < -0.39 is 0 Å². The number of aryl methyl sites for hydroxylation is 2. The van der Waals surface area contributed by atoms with Crippen molar-refractivity contribution in [2.45, 2.75) is 20.3 Å². The summed E-state index contributed by atoms with van der Waals surface area (Å²) in [7, 11) is 1.55. The number of rotatable bonds is 6. The van der Waals surface area contributed by atoms with Crippen molar-refractivity contribution in [3.05, 3.63) is 69.6 Å². The van der Waals surface area contributed by atoms with Gasteiger partial charge < -0.3 is 13.9 Å². The highest BCUT2D eigenvalue weighted by molar-refractivity contribution is 5.97. The van der Waals surface area contributed by atoms with Gasteiger partial charge in [0.05, 0.1) is 7.11 Å². The summed E-state index contributed by atoms with van der Waals surface area (Å²) >= 11 is 0. The fourth-order valence-electron chi connectivity index (χ4n) is 2.88. The molecule has 134 valence electrons. The molecule has 0 spiro atoms. The van der Waals surface area contributed by atoms with Crippen LogP contribution in [0.1, 0.15) is 28.4 Å². The molecule has 0 unspecified atom stereocenters. The number of benzene rings is 2. The Labute approximate surface area is 151 Å². The summed E-state index contributed by atoms with van der Waals surface area (Å²) in [5.41, 5.74) is 2.26. The molecule has 3 aromatic rings. The van der Waals surface area contributed by atoms with E-state index in [9.17, 15) is 9.59 Å². The van der Waals surface area contributed by atoms with Crippen molar-refractivity contribution in [2.24, 2.45) is 0 Å². The molecule has 0 atom stereocenters. The van der Waals surface area contributed by atoms with E-state index in [1.807, 2.05) is 19.9 Å². The summed E-state index contributed by atoms with van der Waals surface area (Å²) in [4.78, 5) is 24.1. The molecule has 26 heavy (non-hydrogen) atoms. The fourth-order valence-corrected chi connectivity index (χ4v) is 2.88. The molecule has 5 heteroatoms. The molecule has 0 saturated heterocycles. The van der Waals surface area contributed by atoms with Gasteiger partial charge in [-0.25, -0.2) is 4.79 Å². The minimum atomic E-state index is -0.387. The first-order valence-electron chi connectivity index (χ1n) is 8.40. The van der Waals surface area contributed by atoms with Crippen molar-refractivity contribution in [1.29, 1.82) is 0 Å². The van der Waals surface area contributed by atoms with Gasteiger partial charge in [-0.15, -0.1) is 0 Å². The van der Waals surface area contributed by atoms with Crippen LogP contribution in [0.15, 0.2) is 51.7 Å². The number of hydrogen-bond acceptors (Lipinski definition) is 5. The lowest BCUT2D eigenvalue weighted by molar-refractivity contribution is 0.0921. The molecule has 0 fully saturated rings. The standard InChI is InChI=1S/C21H20O5/c1-4-14-11-20(23)26-21-13(2)19(9-8-17(14)21)25-12-18(22)15-6-5-7-16(10-15)24-3/h5-11H,4,12H2,1-3H3. The lowest BCUT2D eigenvalue weighted by atomic mass is 10.0. The fraction of sp³-hybridized carbons (Fsp3) is 0.238. The zero-order chi connectivity index (χ0) is 18.7. The van der Waals surface area contributed by atoms with Gasteiger partial charge >= 0.3 is 5.63 Å². The normalized spacial score (nSPS) is 10.7. The van der Waals surface area contributed by atoms with E-state index in [-0.39, 0.29) is 18.0 Å². The SMILES string of the molecule is CCc1cc(=O)oc2c(C)c(OCC(=O)c3cccc(OC)c3)ccc12. The van der Waals surface area contributed by atoms with Crippen molar-refractivity contribution < 1.29 is 18.7 Å². The average molecular weight is 352 g/mol. The van der Waals surface area contributed by atoms with Crippen molar-refractivity contribution in [1.82, 2.24) is 0 Å².